The number of nitrogens with zero attached hydrogens (tertiary/aromatic N) is 2. The Hall–Kier alpha value is -1.56. The fourth-order valence-electron chi connectivity index (χ4n) is 1.32. The largest absolute Gasteiger partial charge is 0.392 e. The van der Waals surface area contributed by atoms with Crippen molar-refractivity contribution in [3.63, 3.8) is 0 Å². The van der Waals surface area contributed by atoms with Gasteiger partial charge in [0.05, 0.1) is 0 Å². The molecular formula is C11H17ClN4O2. The minimum Gasteiger partial charge on any atom is -0.392 e. The number of hydrogen-bond acceptors (Lipinski definition) is 4. The van der Waals surface area contributed by atoms with Crippen LogP contribution in [0.15, 0.2) is 11.1 Å². The molecule has 0 saturated heterocycles. The number of carbonyl (C=O) groups is 1. The average Bonchev–Trinajstić information content (AvgIpc) is 2.32. The van der Waals surface area contributed by atoms with Crippen molar-refractivity contribution in [3.8, 4) is 0 Å². The van der Waals surface area contributed by atoms with Crippen LogP contribution in [0.1, 0.15) is 26.8 Å². The molecule has 7 heteroatoms. The zero-order chi connectivity index (χ0) is 13.9. The predicted octanol–water partition coefficient (Wildman–Crippen LogP) is 0.812. The molecular weight excluding hydrogens is 256 g/mol. The number of hydrogen-bond donors (Lipinski definition) is 2. The predicted molar refractivity (Wildman–Crippen MR) is 70.5 cm³/mol. The van der Waals surface area contributed by atoms with Crippen LogP contribution in [0.25, 0.3) is 0 Å². The molecule has 1 amide bonds. The van der Waals surface area contributed by atoms with Gasteiger partial charge in [0.2, 0.25) is 5.91 Å². The highest BCUT2D eigenvalue weighted by Crippen LogP contribution is 2.11. The summed E-state index contributed by atoms with van der Waals surface area (Å²) in [5, 5.41) is 2.69. The lowest BCUT2D eigenvalue weighted by molar-refractivity contribution is -0.124. The van der Waals surface area contributed by atoms with E-state index in [0.717, 1.165) is 4.57 Å². The van der Waals surface area contributed by atoms with Crippen molar-refractivity contribution in [2.75, 3.05) is 12.3 Å². The maximum absolute atomic E-state index is 11.8. The highest BCUT2D eigenvalue weighted by molar-refractivity contribution is 6.31. The zero-order valence-electron chi connectivity index (χ0n) is 10.6. The van der Waals surface area contributed by atoms with E-state index in [2.05, 4.69) is 10.3 Å². The fourth-order valence-corrected chi connectivity index (χ4v) is 1.44. The number of nitrogens with one attached hydrogen (secondary N) is 1. The quantitative estimate of drug-likeness (QED) is 0.794. The van der Waals surface area contributed by atoms with Crippen molar-refractivity contribution in [2.45, 2.75) is 26.8 Å². The van der Waals surface area contributed by atoms with Crippen molar-refractivity contribution in [2.24, 2.45) is 5.92 Å². The molecule has 6 nitrogen and oxygen atoms in total. The Balaban J connectivity index is 2.91. The molecule has 0 spiro atoms. The lowest BCUT2D eigenvalue weighted by Crippen LogP contribution is -2.38. The lowest BCUT2D eigenvalue weighted by Gasteiger charge is -2.16. The molecule has 0 aliphatic rings. The number of nitrogens with two attached hydrogens (primary N) is 1. The zero-order valence-corrected chi connectivity index (χ0v) is 11.4. The van der Waals surface area contributed by atoms with Crippen molar-refractivity contribution in [3.05, 3.63) is 21.8 Å². The van der Waals surface area contributed by atoms with Gasteiger partial charge in [-0.05, 0) is 12.8 Å². The molecule has 0 bridgehead atoms. The number of amides is 1. The van der Waals surface area contributed by atoms with E-state index >= 15 is 0 Å². The van der Waals surface area contributed by atoms with Gasteiger partial charge in [-0.2, -0.15) is 0 Å². The second-order valence-electron chi connectivity index (χ2n) is 4.48. The van der Waals surface area contributed by atoms with Gasteiger partial charge in [-0.1, -0.05) is 25.4 Å². The van der Waals surface area contributed by atoms with Gasteiger partial charge in [-0.15, -0.1) is 0 Å². The maximum atomic E-state index is 11.8. The standard InChI is InChI=1S/C11H17ClN4O2/c1-6(2)4-14-10(17)7(3)16-5-15-9(12)8(13)11(16)18/h5-7H,4,13H2,1-3H3,(H,14,17). The maximum Gasteiger partial charge on any atom is 0.278 e. The van der Waals surface area contributed by atoms with Gasteiger partial charge in [0.1, 0.15) is 18.1 Å². The van der Waals surface area contributed by atoms with Crippen LogP contribution < -0.4 is 16.6 Å². The first kappa shape index (κ1) is 14.5. The van der Waals surface area contributed by atoms with Crippen molar-refractivity contribution in [1.29, 1.82) is 0 Å². The third kappa shape index (κ3) is 3.22. The highest BCUT2D eigenvalue weighted by Gasteiger charge is 2.18. The molecule has 1 aromatic heterocycles. The number of nitrogen functional groups attached to an aromatic ring is 1. The summed E-state index contributed by atoms with van der Waals surface area (Å²) in [5.74, 6) is 0.0839. The molecule has 0 radical (unpaired) electrons. The number of halogens is 1. The third-order valence-corrected chi connectivity index (χ3v) is 2.77. The van der Waals surface area contributed by atoms with Crippen LogP contribution >= 0.6 is 11.6 Å². The highest BCUT2D eigenvalue weighted by atomic mass is 35.5. The Bertz CT molecular complexity index is 498. The van der Waals surface area contributed by atoms with Crippen LogP contribution in [0, 0.1) is 5.92 Å². The number of anilines is 1. The van der Waals surface area contributed by atoms with Gasteiger partial charge in [-0.25, -0.2) is 4.98 Å². The van der Waals surface area contributed by atoms with E-state index < -0.39 is 11.6 Å². The van der Waals surface area contributed by atoms with Crippen molar-refractivity contribution >= 4 is 23.2 Å². The van der Waals surface area contributed by atoms with Crippen LogP contribution in [-0.4, -0.2) is 22.0 Å². The Morgan fingerprint density at radius 2 is 2.17 bits per heavy atom. The van der Waals surface area contributed by atoms with Crippen LogP contribution in [0.4, 0.5) is 5.69 Å². The van der Waals surface area contributed by atoms with Gasteiger partial charge in [0.25, 0.3) is 5.56 Å². The van der Waals surface area contributed by atoms with E-state index in [1.807, 2.05) is 13.8 Å². The van der Waals surface area contributed by atoms with Gasteiger partial charge >= 0.3 is 0 Å². The van der Waals surface area contributed by atoms with Crippen LogP contribution in [0.3, 0.4) is 0 Å². The van der Waals surface area contributed by atoms with Crippen molar-refractivity contribution in [1.82, 2.24) is 14.9 Å². The molecule has 0 aliphatic heterocycles. The van der Waals surface area contributed by atoms with E-state index in [4.69, 9.17) is 17.3 Å². The molecule has 0 fully saturated rings. The summed E-state index contributed by atoms with van der Waals surface area (Å²) >= 11 is 5.62. The molecule has 0 aliphatic carbocycles. The van der Waals surface area contributed by atoms with Gasteiger partial charge < -0.3 is 11.1 Å². The number of aromatic nitrogens is 2. The topological polar surface area (TPSA) is 90.0 Å². The monoisotopic (exact) mass is 272 g/mol. The van der Waals surface area contributed by atoms with Gasteiger partial charge in [-0.3, -0.25) is 14.2 Å². The Kier molecular flexibility index (Phi) is 4.72. The van der Waals surface area contributed by atoms with E-state index in [1.54, 1.807) is 6.92 Å². The average molecular weight is 273 g/mol. The Morgan fingerprint density at radius 1 is 1.56 bits per heavy atom. The van der Waals surface area contributed by atoms with Crippen LogP contribution in [0.2, 0.25) is 5.15 Å². The second-order valence-corrected chi connectivity index (χ2v) is 4.83. The van der Waals surface area contributed by atoms with Crippen LogP contribution in [-0.2, 0) is 4.79 Å². The fraction of sp³-hybridized carbons (Fsp3) is 0.545. The van der Waals surface area contributed by atoms with Gasteiger partial charge in [0, 0.05) is 6.54 Å². The number of carbonyl (C=O) groups excluding carboxylic acids is 1. The molecule has 1 heterocycles. The molecule has 1 unspecified atom stereocenters. The third-order valence-electron chi connectivity index (χ3n) is 2.46. The summed E-state index contributed by atoms with van der Waals surface area (Å²) in [6, 6.07) is -0.677. The normalized spacial score (nSPS) is 12.5. The molecule has 1 rings (SSSR count). The lowest BCUT2D eigenvalue weighted by atomic mass is 10.2. The van der Waals surface area contributed by atoms with E-state index in [-0.39, 0.29) is 16.7 Å². The van der Waals surface area contributed by atoms with Crippen LogP contribution in [0.5, 0.6) is 0 Å². The molecule has 0 aromatic carbocycles. The Morgan fingerprint density at radius 3 is 2.72 bits per heavy atom. The summed E-state index contributed by atoms with van der Waals surface area (Å²) in [4.78, 5) is 27.4. The SMILES string of the molecule is CC(C)CNC(=O)C(C)n1cnc(Cl)c(N)c1=O. The molecule has 1 aromatic rings. The second kappa shape index (κ2) is 5.86. The summed E-state index contributed by atoms with van der Waals surface area (Å²) in [6.07, 6.45) is 1.22. The first-order valence-corrected chi connectivity index (χ1v) is 6.02. The van der Waals surface area contributed by atoms with E-state index in [1.165, 1.54) is 6.33 Å². The summed E-state index contributed by atoms with van der Waals surface area (Å²) in [7, 11) is 0. The Labute approximate surface area is 110 Å². The van der Waals surface area contributed by atoms with Crippen molar-refractivity contribution < 1.29 is 4.79 Å². The van der Waals surface area contributed by atoms with Gasteiger partial charge in [0.15, 0.2) is 5.15 Å². The molecule has 0 saturated carbocycles. The minimum absolute atomic E-state index is 0.0500. The molecule has 1 atom stereocenters. The van der Waals surface area contributed by atoms with E-state index in [9.17, 15) is 9.59 Å². The summed E-state index contributed by atoms with van der Waals surface area (Å²) in [5.41, 5.74) is 4.82. The molecule has 18 heavy (non-hydrogen) atoms. The summed E-state index contributed by atoms with van der Waals surface area (Å²) < 4.78 is 1.16. The first-order valence-electron chi connectivity index (χ1n) is 5.64. The summed E-state index contributed by atoms with van der Waals surface area (Å²) in [6.45, 7) is 6.12. The first-order chi connectivity index (χ1) is 8.34. The molecule has 3 N–H and O–H groups in total. The van der Waals surface area contributed by atoms with E-state index in [0.29, 0.717) is 12.5 Å². The smallest absolute Gasteiger partial charge is 0.278 e. The molecule has 100 valence electrons. The minimum atomic E-state index is -0.677. The number of rotatable bonds is 4.